The average molecular weight is 285 g/mol. The fourth-order valence-electron chi connectivity index (χ4n) is 3.14. The highest BCUT2D eigenvalue weighted by molar-refractivity contribution is 5.53. The van der Waals surface area contributed by atoms with Gasteiger partial charge in [0.05, 0.1) is 0 Å². The highest BCUT2D eigenvalue weighted by atomic mass is 15.3. The first-order chi connectivity index (χ1) is 10.3. The largest absolute Gasteiger partial charge is 0.338 e. The number of nitrogens with zero attached hydrogens (tertiary/aromatic N) is 4. The van der Waals surface area contributed by atoms with Crippen LogP contribution in [0.1, 0.15) is 18.5 Å². The van der Waals surface area contributed by atoms with Gasteiger partial charge in [-0.3, -0.25) is 5.10 Å². The molecule has 4 heterocycles. The Morgan fingerprint density at radius 3 is 2.76 bits per heavy atom. The number of aromatic amines is 1. The number of aromatic nitrogens is 4. The van der Waals surface area contributed by atoms with Gasteiger partial charge < -0.3 is 15.5 Å². The molecule has 0 spiro atoms. The summed E-state index contributed by atoms with van der Waals surface area (Å²) in [6, 6.07) is 4.98. The molecule has 21 heavy (non-hydrogen) atoms. The van der Waals surface area contributed by atoms with Crippen LogP contribution in [0.3, 0.4) is 0 Å². The third kappa shape index (κ3) is 2.56. The average Bonchev–Trinajstić information content (AvgIpc) is 3.04. The second kappa shape index (κ2) is 5.00. The third-order valence-corrected chi connectivity index (χ3v) is 4.10. The summed E-state index contributed by atoms with van der Waals surface area (Å²) in [6.07, 6.45) is 4.31. The summed E-state index contributed by atoms with van der Waals surface area (Å²) in [5.41, 5.74) is 1.02. The maximum atomic E-state index is 4.62. The van der Waals surface area contributed by atoms with E-state index in [1.165, 1.54) is 12.8 Å². The fraction of sp³-hybridized carbons (Fsp3) is 0.500. The Balaban J connectivity index is 1.52. The molecule has 110 valence electrons. The van der Waals surface area contributed by atoms with E-state index < -0.39 is 0 Å². The van der Waals surface area contributed by atoms with E-state index >= 15 is 0 Å². The Morgan fingerprint density at radius 2 is 2.05 bits per heavy atom. The Hall–Kier alpha value is -2.15. The summed E-state index contributed by atoms with van der Waals surface area (Å²) >= 11 is 0. The van der Waals surface area contributed by atoms with Crippen molar-refractivity contribution in [2.75, 3.05) is 23.3 Å². The Bertz CT molecular complexity index is 626. The molecule has 0 unspecified atom stereocenters. The number of aryl methyl sites for hydroxylation is 1. The Labute approximate surface area is 123 Å². The lowest BCUT2D eigenvalue weighted by atomic mass is 10.2. The van der Waals surface area contributed by atoms with Crippen molar-refractivity contribution in [1.29, 1.82) is 0 Å². The second-order valence-electron chi connectivity index (χ2n) is 5.85. The quantitative estimate of drug-likeness (QED) is 0.786. The number of fused-ring (bicyclic) bond motifs is 2. The van der Waals surface area contributed by atoms with E-state index in [9.17, 15) is 0 Å². The fourth-order valence-corrected chi connectivity index (χ4v) is 3.14. The van der Waals surface area contributed by atoms with E-state index in [1.807, 2.05) is 19.1 Å². The van der Waals surface area contributed by atoms with Crippen LogP contribution in [-0.4, -0.2) is 45.3 Å². The van der Waals surface area contributed by atoms with Crippen LogP contribution in [0.2, 0.25) is 0 Å². The number of rotatable bonds is 3. The first-order valence-electron chi connectivity index (χ1n) is 7.39. The lowest BCUT2D eigenvalue weighted by molar-refractivity contribution is 0.461. The van der Waals surface area contributed by atoms with Crippen molar-refractivity contribution in [1.82, 2.24) is 25.5 Å². The molecule has 2 aliphatic rings. The van der Waals surface area contributed by atoms with Crippen LogP contribution in [0.25, 0.3) is 0 Å². The molecule has 0 aliphatic carbocycles. The van der Waals surface area contributed by atoms with Gasteiger partial charge in [0.25, 0.3) is 0 Å². The monoisotopic (exact) mass is 285 g/mol. The van der Waals surface area contributed by atoms with Crippen LogP contribution in [-0.2, 0) is 0 Å². The molecular weight excluding hydrogens is 266 g/mol. The van der Waals surface area contributed by atoms with Gasteiger partial charge in [0.15, 0.2) is 5.82 Å². The molecule has 7 heteroatoms. The van der Waals surface area contributed by atoms with E-state index in [4.69, 9.17) is 0 Å². The Kier molecular flexibility index (Phi) is 2.99. The lowest BCUT2D eigenvalue weighted by Crippen LogP contribution is -2.51. The molecule has 0 aromatic carbocycles. The van der Waals surface area contributed by atoms with Crippen molar-refractivity contribution in [2.24, 2.45) is 0 Å². The van der Waals surface area contributed by atoms with Crippen molar-refractivity contribution in [3.63, 3.8) is 0 Å². The van der Waals surface area contributed by atoms with Crippen LogP contribution in [0.4, 0.5) is 17.6 Å². The van der Waals surface area contributed by atoms with Crippen molar-refractivity contribution in [2.45, 2.75) is 31.8 Å². The molecule has 4 rings (SSSR count). The van der Waals surface area contributed by atoms with E-state index in [0.29, 0.717) is 12.1 Å². The third-order valence-electron chi connectivity index (χ3n) is 4.10. The molecular formula is C14H19N7. The van der Waals surface area contributed by atoms with Gasteiger partial charge in [-0.15, -0.1) is 0 Å². The van der Waals surface area contributed by atoms with E-state index in [-0.39, 0.29) is 0 Å². The molecule has 2 saturated heterocycles. The summed E-state index contributed by atoms with van der Waals surface area (Å²) < 4.78 is 0. The summed E-state index contributed by atoms with van der Waals surface area (Å²) in [5, 5.41) is 13.9. The lowest BCUT2D eigenvalue weighted by Gasteiger charge is -2.32. The van der Waals surface area contributed by atoms with Crippen molar-refractivity contribution < 1.29 is 0 Å². The van der Waals surface area contributed by atoms with E-state index in [0.717, 1.165) is 36.4 Å². The summed E-state index contributed by atoms with van der Waals surface area (Å²) in [4.78, 5) is 11.3. The van der Waals surface area contributed by atoms with Gasteiger partial charge in [-0.25, -0.2) is 4.98 Å². The van der Waals surface area contributed by atoms with Crippen LogP contribution in [0, 0.1) is 6.92 Å². The van der Waals surface area contributed by atoms with Crippen molar-refractivity contribution in [3.8, 4) is 0 Å². The Morgan fingerprint density at radius 1 is 1.24 bits per heavy atom. The topological polar surface area (TPSA) is 81.8 Å². The molecule has 7 nitrogen and oxygen atoms in total. The molecule has 0 amide bonds. The van der Waals surface area contributed by atoms with Gasteiger partial charge in [0.1, 0.15) is 5.82 Å². The highest BCUT2D eigenvalue weighted by Crippen LogP contribution is 2.23. The maximum Gasteiger partial charge on any atom is 0.227 e. The number of hydrogen-bond acceptors (Lipinski definition) is 6. The summed E-state index contributed by atoms with van der Waals surface area (Å²) in [7, 11) is 0. The minimum Gasteiger partial charge on any atom is -0.338 e. The molecule has 3 N–H and O–H groups in total. The number of nitrogens with one attached hydrogen (secondary N) is 3. The zero-order chi connectivity index (χ0) is 14.2. The van der Waals surface area contributed by atoms with Crippen LogP contribution >= 0.6 is 0 Å². The van der Waals surface area contributed by atoms with Gasteiger partial charge in [-0.2, -0.15) is 10.1 Å². The van der Waals surface area contributed by atoms with Crippen LogP contribution in [0.5, 0.6) is 0 Å². The zero-order valence-corrected chi connectivity index (χ0v) is 12.0. The van der Waals surface area contributed by atoms with E-state index in [1.54, 1.807) is 6.20 Å². The van der Waals surface area contributed by atoms with E-state index in [2.05, 4.69) is 35.7 Å². The number of piperazine rings is 1. The first-order valence-corrected chi connectivity index (χ1v) is 7.39. The predicted octanol–water partition coefficient (Wildman–Crippen LogP) is 1.19. The first kappa shape index (κ1) is 12.6. The van der Waals surface area contributed by atoms with Crippen molar-refractivity contribution >= 4 is 17.6 Å². The molecule has 2 bridgehead atoms. The zero-order valence-electron chi connectivity index (χ0n) is 12.0. The van der Waals surface area contributed by atoms with Gasteiger partial charge in [-0.05, 0) is 25.8 Å². The number of hydrogen-bond donors (Lipinski definition) is 3. The smallest absolute Gasteiger partial charge is 0.227 e. The molecule has 2 atom stereocenters. The predicted molar refractivity (Wildman–Crippen MR) is 80.8 cm³/mol. The van der Waals surface area contributed by atoms with Gasteiger partial charge in [-0.1, -0.05) is 0 Å². The molecule has 0 saturated carbocycles. The van der Waals surface area contributed by atoms with Crippen molar-refractivity contribution in [3.05, 3.63) is 24.0 Å². The summed E-state index contributed by atoms with van der Waals surface area (Å²) in [5.74, 6) is 2.35. The SMILES string of the molecule is Cc1cc(Nc2ccnc(N3C[C@H]4CC[C@@H](C3)N4)n2)n[nH]1. The second-order valence-corrected chi connectivity index (χ2v) is 5.85. The van der Waals surface area contributed by atoms with Gasteiger partial charge >= 0.3 is 0 Å². The summed E-state index contributed by atoms with van der Waals surface area (Å²) in [6.45, 7) is 3.95. The van der Waals surface area contributed by atoms with Gasteiger partial charge in [0, 0.05) is 43.1 Å². The minimum atomic E-state index is 0.581. The highest BCUT2D eigenvalue weighted by Gasteiger charge is 2.33. The molecule has 2 aromatic heterocycles. The molecule has 0 radical (unpaired) electrons. The number of H-pyrrole nitrogens is 1. The standard InChI is InChI=1S/C14H19N7/c1-9-6-13(20-19-9)17-12-4-5-15-14(18-12)21-7-10-2-3-11(8-21)16-10/h4-6,10-11,16H,2-3,7-8H2,1H3,(H2,15,17,18,19,20)/t10-,11+. The van der Waals surface area contributed by atoms with Gasteiger partial charge in [0.2, 0.25) is 5.95 Å². The molecule has 2 aromatic rings. The van der Waals surface area contributed by atoms with Crippen LogP contribution < -0.4 is 15.5 Å². The van der Waals surface area contributed by atoms with Crippen LogP contribution in [0.15, 0.2) is 18.3 Å². The molecule has 2 aliphatic heterocycles. The normalized spacial score (nSPS) is 24.3. The molecule has 2 fully saturated rings. The minimum absolute atomic E-state index is 0.581. The maximum absolute atomic E-state index is 4.62. The number of anilines is 3.